The van der Waals surface area contributed by atoms with E-state index in [1.165, 1.54) is 6.07 Å². The molecule has 0 aromatic heterocycles. The van der Waals surface area contributed by atoms with Crippen molar-refractivity contribution in [3.63, 3.8) is 0 Å². The summed E-state index contributed by atoms with van der Waals surface area (Å²) in [6.45, 7) is 1.75. The van der Waals surface area contributed by atoms with Crippen molar-refractivity contribution in [3.05, 3.63) is 58.3 Å². The normalized spacial score (nSPS) is 11.9. The van der Waals surface area contributed by atoms with Gasteiger partial charge in [-0.15, -0.1) is 0 Å². The fourth-order valence-corrected chi connectivity index (χ4v) is 2.27. The zero-order valence-electron chi connectivity index (χ0n) is 10.9. The maximum absolute atomic E-state index is 13.7. The first-order valence-corrected chi connectivity index (χ1v) is 6.88. The number of carbonyl (C=O) groups excluding carboxylic acids is 1. The molecule has 2 aromatic carbocycles. The molecule has 1 atom stereocenters. The smallest absolute Gasteiger partial charge is 0.231 e. The van der Waals surface area contributed by atoms with E-state index in [0.717, 1.165) is 5.56 Å². The number of benzene rings is 2. The summed E-state index contributed by atoms with van der Waals surface area (Å²) in [6, 6.07) is 11.6. The minimum atomic E-state index is -0.479. The summed E-state index contributed by atoms with van der Waals surface area (Å²) in [4.78, 5) is 12.2. The Morgan fingerprint density at radius 1 is 1.30 bits per heavy atom. The number of para-hydroxylation sites is 1. The van der Waals surface area contributed by atoms with Crippen LogP contribution in [0.2, 0.25) is 0 Å². The van der Waals surface area contributed by atoms with Gasteiger partial charge in [0.15, 0.2) is 0 Å². The van der Waals surface area contributed by atoms with Crippen LogP contribution in [-0.4, -0.2) is 5.91 Å². The van der Waals surface area contributed by atoms with E-state index >= 15 is 0 Å². The van der Waals surface area contributed by atoms with E-state index in [4.69, 9.17) is 5.73 Å². The molecular weight excluding hydrogens is 323 g/mol. The molecule has 0 aliphatic heterocycles. The molecule has 0 spiro atoms. The second-order valence-corrected chi connectivity index (χ2v) is 5.33. The second-order valence-electron chi connectivity index (χ2n) is 4.48. The zero-order valence-corrected chi connectivity index (χ0v) is 12.4. The van der Waals surface area contributed by atoms with Crippen LogP contribution < -0.4 is 11.1 Å². The van der Waals surface area contributed by atoms with Gasteiger partial charge in [-0.3, -0.25) is 4.79 Å². The number of rotatable bonds is 3. The molecule has 0 saturated heterocycles. The number of nitrogens with two attached hydrogens (primary N) is 1. The average molecular weight is 337 g/mol. The van der Waals surface area contributed by atoms with Gasteiger partial charge in [0.25, 0.3) is 0 Å². The number of carbonyl (C=O) groups is 1. The minimum absolute atomic E-state index is 0.147. The van der Waals surface area contributed by atoms with Gasteiger partial charge in [0.2, 0.25) is 5.91 Å². The van der Waals surface area contributed by atoms with Gasteiger partial charge in [-0.1, -0.05) is 18.2 Å². The van der Waals surface area contributed by atoms with Crippen molar-refractivity contribution in [3.8, 4) is 0 Å². The summed E-state index contributed by atoms with van der Waals surface area (Å²) in [6.07, 6.45) is 0. The highest BCUT2D eigenvalue weighted by Gasteiger charge is 2.18. The largest absolute Gasteiger partial charge is 0.399 e. The number of halogens is 2. The van der Waals surface area contributed by atoms with Crippen LogP contribution in [-0.2, 0) is 4.79 Å². The third-order valence-electron chi connectivity index (χ3n) is 3.01. The molecule has 3 nitrogen and oxygen atoms in total. The molecule has 1 amide bonds. The van der Waals surface area contributed by atoms with E-state index in [-0.39, 0.29) is 11.6 Å². The predicted molar refractivity (Wildman–Crippen MR) is 82.0 cm³/mol. The van der Waals surface area contributed by atoms with Gasteiger partial charge in [-0.05, 0) is 52.7 Å². The van der Waals surface area contributed by atoms with Crippen LogP contribution in [0.3, 0.4) is 0 Å². The molecule has 0 radical (unpaired) electrons. The van der Waals surface area contributed by atoms with Crippen LogP contribution in [0.25, 0.3) is 0 Å². The van der Waals surface area contributed by atoms with E-state index in [1.54, 1.807) is 37.3 Å². The lowest BCUT2D eigenvalue weighted by Crippen LogP contribution is -2.20. The highest BCUT2D eigenvalue weighted by atomic mass is 79.9. The van der Waals surface area contributed by atoms with Crippen LogP contribution in [0.15, 0.2) is 46.9 Å². The van der Waals surface area contributed by atoms with Gasteiger partial charge in [0, 0.05) is 10.2 Å². The molecule has 5 heteroatoms. The Balaban J connectivity index is 2.20. The van der Waals surface area contributed by atoms with Crippen LogP contribution >= 0.6 is 15.9 Å². The van der Waals surface area contributed by atoms with E-state index < -0.39 is 11.7 Å². The molecule has 104 valence electrons. The monoisotopic (exact) mass is 336 g/mol. The average Bonchev–Trinajstić information content (AvgIpc) is 2.42. The molecule has 0 heterocycles. The van der Waals surface area contributed by atoms with Crippen molar-refractivity contribution < 1.29 is 9.18 Å². The SMILES string of the molecule is CC(C(=O)Nc1c(F)cccc1Br)c1cccc(N)c1. The molecular formula is C15H14BrFN2O. The molecule has 0 aliphatic carbocycles. The first-order chi connectivity index (χ1) is 9.49. The quantitative estimate of drug-likeness (QED) is 0.835. The maximum atomic E-state index is 13.7. The third-order valence-corrected chi connectivity index (χ3v) is 3.68. The standard InChI is InChI=1S/C15H14BrFN2O/c1-9(10-4-2-5-11(18)8-10)15(20)19-14-12(16)6-3-7-13(14)17/h2-9H,18H2,1H3,(H,19,20). The van der Waals surface area contributed by atoms with E-state index in [0.29, 0.717) is 10.2 Å². The van der Waals surface area contributed by atoms with Crippen LogP contribution in [0.4, 0.5) is 15.8 Å². The number of hydrogen-bond donors (Lipinski definition) is 2. The molecule has 1 unspecified atom stereocenters. The summed E-state index contributed by atoms with van der Waals surface area (Å²) in [5.74, 6) is -1.20. The van der Waals surface area contributed by atoms with Gasteiger partial charge in [-0.2, -0.15) is 0 Å². The topological polar surface area (TPSA) is 55.1 Å². The predicted octanol–water partition coefficient (Wildman–Crippen LogP) is 3.91. The minimum Gasteiger partial charge on any atom is -0.399 e. The first kappa shape index (κ1) is 14.5. The Morgan fingerprint density at radius 2 is 2.00 bits per heavy atom. The summed E-state index contributed by atoms with van der Waals surface area (Å²) in [7, 11) is 0. The third kappa shape index (κ3) is 3.17. The van der Waals surface area contributed by atoms with Gasteiger partial charge in [-0.25, -0.2) is 4.39 Å². The van der Waals surface area contributed by atoms with Crippen molar-refractivity contribution in [1.82, 2.24) is 0 Å². The molecule has 0 aliphatic rings. The van der Waals surface area contributed by atoms with Crippen LogP contribution in [0.5, 0.6) is 0 Å². The van der Waals surface area contributed by atoms with Gasteiger partial charge >= 0.3 is 0 Å². The lowest BCUT2D eigenvalue weighted by molar-refractivity contribution is -0.117. The Kier molecular flexibility index (Phi) is 4.39. The number of hydrogen-bond acceptors (Lipinski definition) is 2. The first-order valence-electron chi connectivity index (χ1n) is 6.09. The van der Waals surface area contributed by atoms with Crippen molar-refractivity contribution >= 4 is 33.2 Å². The summed E-state index contributed by atoms with van der Waals surface area (Å²) in [5, 5.41) is 2.59. The fourth-order valence-electron chi connectivity index (χ4n) is 1.83. The van der Waals surface area contributed by atoms with Crippen LogP contribution in [0.1, 0.15) is 18.4 Å². The lowest BCUT2D eigenvalue weighted by Gasteiger charge is -2.14. The molecule has 2 rings (SSSR count). The van der Waals surface area contributed by atoms with E-state index in [1.807, 2.05) is 6.07 Å². The Labute approximate surface area is 125 Å². The molecule has 20 heavy (non-hydrogen) atoms. The molecule has 2 aromatic rings. The Morgan fingerprint density at radius 3 is 2.65 bits per heavy atom. The molecule has 0 fully saturated rings. The number of nitrogen functional groups attached to an aromatic ring is 1. The lowest BCUT2D eigenvalue weighted by atomic mass is 10.00. The molecule has 0 bridgehead atoms. The summed E-state index contributed by atoms with van der Waals surface area (Å²) < 4.78 is 14.2. The zero-order chi connectivity index (χ0) is 14.7. The molecule has 3 N–H and O–H groups in total. The van der Waals surface area contributed by atoms with Crippen LogP contribution in [0, 0.1) is 5.82 Å². The summed E-state index contributed by atoms with van der Waals surface area (Å²) in [5.41, 5.74) is 7.22. The number of anilines is 2. The van der Waals surface area contributed by atoms with E-state index in [2.05, 4.69) is 21.2 Å². The Hall–Kier alpha value is -1.88. The Bertz CT molecular complexity index is 625. The number of nitrogens with one attached hydrogen (secondary N) is 1. The highest BCUT2D eigenvalue weighted by Crippen LogP contribution is 2.27. The maximum Gasteiger partial charge on any atom is 0.231 e. The van der Waals surface area contributed by atoms with Gasteiger partial charge in [0.1, 0.15) is 5.82 Å². The van der Waals surface area contributed by atoms with Crippen molar-refractivity contribution in [1.29, 1.82) is 0 Å². The van der Waals surface area contributed by atoms with Crippen molar-refractivity contribution in [2.24, 2.45) is 0 Å². The number of amides is 1. The van der Waals surface area contributed by atoms with Crippen molar-refractivity contribution in [2.45, 2.75) is 12.8 Å². The van der Waals surface area contributed by atoms with Crippen molar-refractivity contribution in [2.75, 3.05) is 11.1 Å². The van der Waals surface area contributed by atoms with Gasteiger partial charge < -0.3 is 11.1 Å². The van der Waals surface area contributed by atoms with Gasteiger partial charge in [0.05, 0.1) is 11.6 Å². The second kappa shape index (κ2) is 6.05. The highest BCUT2D eigenvalue weighted by molar-refractivity contribution is 9.10. The molecule has 0 saturated carbocycles. The summed E-state index contributed by atoms with van der Waals surface area (Å²) >= 11 is 3.22. The fraction of sp³-hybridized carbons (Fsp3) is 0.133. The van der Waals surface area contributed by atoms with E-state index in [9.17, 15) is 9.18 Å².